The largest absolute Gasteiger partial charge is 0.490 e. The summed E-state index contributed by atoms with van der Waals surface area (Å²) in [5.74, 6) is 0.271. The molecule has 1 heterocycles. The van der Waals surface area contributed by atoms with E-state index in [1.165, 1.54) is 12.1 Å². The molecule has 3 rings (SSSR count). The maximum absolute atomic E-state index is 12.5. The molecule has 0 saturated heterocycles. The average Bonchev–Trinajstić information content (AvgIpc) is 2.62. The lowest BCUT2D eigenvalue weighted by Gasteiger charge is -2.23. The van der Waals surface area contributed by atoms with Crippen LogP contribution in [0.3, 0.4) is 0 Å². The van der Waals surface area contributed by atoms with E-state index < -0.39 is 12.0 Å². The van der Waals surface area contributed by atoms with Crippen LogP contribution in [-0.2, 0) is 4.79 Å². The van der Waals surface area contributed by atoms with E-state index in [1.54, 1.807) is 25.1 Å². The van der Waals surface area contributed by atoms with Crippen molar-refractivity contribution < 1.29 is 19.1 Å². The van der Waals surface area contributed by atoms with Gasteiger partial charge in [-0.25, -0.2) is 0 Å². The van der Waals surface area contributed by atoms with Crippen LogP contribution in [0.2, 0.25) is 10.0 Å². The Kier molecular flexibility index (Phi) is 5.77. The van der Waals surface area contributed by atoms with Crippen molar-refractivity contribution >= 4 is 46.4 Å². The number of anilines is 2. The number of fused-ring (bicyclic) bond motifs is 1. The Morgan fingerprint density at radius 3 is 2.63 bits per heavy atom. The Balaban J connectivity index is 1.78. The highest BCUT2D eigenvalue weighted by Crippen LogP contribution is 2.35. The molecule has 1 atom stereocenters. The van der Waals surface area contributed by atoms with Crippen molar-refractivity contribution in [3.63, 3.8) is 0 Å². The van der Waals surface area contributed by atoms with Crippen LogP contribution in [0.4, 0.5) is 11.4 Å². The van der Waals surface area contributed by atoms with Crippen LogP contribution < -0.4 is 20.1 Å². The molecule has 0 bridgehead atoms. The molecule has 142 valence electrons. The zero-order chi connectivity index (χ0) is 19.6. The molecule has 1 aliphatic heterocycles. The molecule has 8 heteroatoms. The van der Waals surface area contributed by atoms with Crippen LogP contribution in [0.1, 0.15) is 30.6 Å². The quantitative estimate of drug-likeness (QED) is 0.747. The summed E-state index contributed by atoms with van der Waals surface area (Å²) in [6, 6.07) is 7.99. The molecule has 1 aliphatic rings. The van der Waals surface area contributed by atoms with E-state index in [2.05, 4.69) is 10.6 Å². The summed E-state index contributed by atoms with van der Waals surface area (Å²) in [5, 5.41) is 6.01. The van der Waals surface area contributed by atoms with Crippen LogP contribution in [0, 0.1) is 0 Å². The second kappa shape index (κ2) is 8.06. The zero-order valence-corrected chi connectivity index (χ0v) is 16.3. The van der Waals surface area contributed by atoms with Crippen molar-refractivity contribution in [3.8, 4) is 11.5 Å². The number of ether oxygens (including phenoxy) is 2. The van der Waals surface area contributed by atoms with E-state index in [1.807, 2.05) is 6.92 Å². The first-order chi connectivity index (χ1) is 12.9. The minimum atomic E-state index is -0.560. The van der Waals surface area contributed by atoms with E-state index in [-0.39, 0.29) is 16.0 Å². The van der Waals surface area contributed by atoms with Crippen LogP contribution >= 0.6 is 23.2 Å². The maximum atomic E-state index is 12.5. The summed E-state index contributed by atoms with van der Waals surface area (Å²) < 4.78 is 11.0. The molecule has 6 nitrogen and oxygen atoms in total. The van der Waals surface area contributed by atoms with E-state index in [4.69, 9.17) is 32.7 Å². The van der Waals surface area contributed by atoms with Crippen LogP contribution in [0.5, 0.6) is 11.5 Å². The van der Waals surface area contributed by atoms with Gasteiger partial charge >= 0.3 is 0 Å². The third kappa shape index (κ3) is 4.28. The number of hydrogen-bond donors (Lipinski definition) is 2. The molecule has 2 amide bonds. The Morgan fingerprint density at radius 1 is 1.26 bits per heavy atom. The Labute approximate surface area is 166 Å². The van der Waals surface area contributed by atoms with Gasteiger partial charge in [0.2, 0.25) is 0 Å². The predicted molar refractivity (Wildman–Crippen MR) is 105 cm³/mol. The summed E-state index contributed by atoms with van der Waals surface area (Å²) in [4.78, 5) is 24.3. The molecule has 0 radical (unpaired) electrons. The minimum absolute atomic E-state index is 0.243. The first-order valence-corrected chi connectivity index (χ1v) is 9.19. The lowest BCUT2D eigenvalue weighted by molar-refractivity contribution is -0.122. The highest BCUT2D eigenvalue weighted by atomic mass is 35.5. The topological polar surface area (TPSA) is 76.7 Å². The van der Waals surface area contributed by atoms with Gasteiger partial charge in [0.05, 0.1) is 22.3 Å². The predicted octanol–water partition coefficient (Wildman–Crippen LogP) is 4.75. The molecule has 2 aromatic rings. The second-order valence-corrected chi connectivity index (χ2v) is 6.85. The van der Waals surface area contributed by atoms with Crippen molar-refractivity contribution in [1.82, 2.24) is 0 Å². The summed E-state index contributed by atoms with van der Waals surface area (Å²) in [6.45, 7) is 4.11. The van der Waals surface area contributed by atoms with Gasteiger partial charge in [0.15, 0.2) is 11.9 Å². The van der Waals surface area contributed by atoms with Gasteiger partial charge in [-0.3, -0.25) is 9.59 Å². The van der Waals surface area contributed by atoms with Gasteiger partial charge in [-0.05, 0) is 43.7 Å². The fourth-order valence-electron chi connectivity index (χ4n) is 2.52. The standard InChI is InChI=1S/C19H18Cl2N2O4/c1-3-6-26-17-13(20)7-11(8-14(17)21)19(25)22-12-4-5-16-15(9-12)23-18(24)10(2)27-16/h4-5,7-10H,3,6H2,1-2H3,(H,22,25)(H,23,24). The zero-order valence-electron chi connectivity index (χ0n) is 14.8. The van der Waals surface area contributed by atoms with Crippen molar-refractivity contribution in [2.75, 3.05) is 17.2 Å². The lowest BCUT2D eigenvalue weighted by atomic mass is 10.1. The van der Waals surface area contributed by atoms with Crippen LogP contribution in [0.25, 0.3) is 0 Å². The fourth-order valence-corrected chi connectivity index (χ4v) is 3.12. The highest BCUT2D eigenvalue weighted by Gasteiger charge is 2.24. The Morgan fingerprint density at radius 2 is 1.96 bits per heavy atom. The molecule has 0 spiro atoms. The van der Waals surface area contributed by atoms with Crippen LogP contribution in [-0.4, -0.2) is 24.5 Å². The van der Waals surface area contributed by atoms with E-state index in [0.29, 0.717) is 35.0 Å². The summed E-state index contributed by atoms with van der Waals surface area (Å²) in [7, 11) is 0. The molecule has 2 N–H and O–H groups in total. The second-order valence-electron chi connectivity index (χ2n) is 6.03. The monoisotopic (exact) mass is 408 g/mol. The van der Waals surface area contributed by atoms with Gasteiger partial charge in [0.1, 0.15) is 5.75 Å². The molecular formula is C19H18Cl2N2O4. The number of amides is 2. The van der Waals surface area contributed by atoms with E-state index in [0.717, 1.165) is 6.42 Å². The number of hydrogen-bond acceptors (Lipinski definition) is 4. The minimum Gasteiger partial charge on any atom is -0.490 e. The van der Waals surface area contributed by atoms with Crippen molar-refractivity contribution in [3.05, 3.63) is 45.9 Å². The van der Waals surface area contributed by atoms with Crippen molar-refractivity contribution in [1.29, 1.82) is 0 Å². The average molecular weight is 409 g/mol. The van der Waals surface area contributed by atoms with Gasteiger partial charge in [0, 0.05) is 11.3 Å². The summed E-state index contributed by atoms with van der Waals surface area (Å²) in [5.41, 5.74) is 1.28. The molecule has 0 aliphatic carbocycles. The molecule has 0 saturated carbocycles. The fraction of sp³-hybridized carbons (Fsp3) is 0.263. The van der Waals surface area contributed by atoms with Gasteiger partial charge in [-0.15, -0.1) is 0 Å². The smallest absolute Gasteiger partial charge is 0.265 e. The molecule has 0 fully saturated rings. The number of halogens is 2. The highest BCUT2D eigenvalue weighted by molar-refractivity contribution is 6.37. The van der Waals surface area contributed by atoms with E-state index >= 15 is 0 Å². The number of nitrogens with one attached hydrogen (secondary N) is 2. The molecule has 0 aromatic heterocycles. The maximum Gasteiger partial charge on any atom is 0.265 e. The van der Waals surface area contributed by atoms with Gasteiger partial charge in [-0.1, -0.05) is 30.1 Å². The first kappa shape index (κ1) is 19.3. The van der Waals surface area contributed by atoms with E-state index in [9.17, 15) is 9.59 Å². The number of rotatable bonds is 5. The molecular weight excluding hydrogens is 391 g/mol. The molecule has 2 aromatic carbocycles. The summed E-state index contributed by atoms with van der Waals surface area (Å²) >= 11 is 12.4. The Bertz CT molecular complexity index is 878. The summed E-state index contributed by atoms with van der Waals surface area (Å²) in [6.07, 6.45) is 0.252. The lowest BCUT2D eigenvalue weighted by Crippen LogP contribution is -2.34. The Hall–Kier alpha value is -2.44. The number of carbonyl (C=O) groups is 2. The third-order valence-electron chi connectivity index (χ3n) is 3.88. The van der Waals surface area contributed by atoms with Gasteiger partial charge < -0.3 is 20.1 Å². The number of carbonyl (C=O) groups excluding carboxylic acids is 2. The van der Waals surface area contributed by atoms with Crippen molar-refractivity contribution in [2.24, 2.45) is 0 Å². The van der Waals surface area contributed by atoms with Gasteiger partial charge in [0.25, 0.3) is 11.8 Å². The SMILES string of the molecule is CCCOc1c(Cl)cc(C(=O)Nc2ccc3c(c2)NC(=O)C(C)O3)cc1Cl. The van der Waals surface area contributed by atoms with Gasteiger partial charge in [-0.2, -0.15) is 0 Å². The number of benzene rings is 2. The normalized spacial score (nSPS) is 15.4. The molecule has 27 heavy (non-hydrogen) atoms. The first-order valence-electron chi connectivity index (χ1n) is 8.43. The third-order valence-corrected chi connectivity index (χ3v) is 4.44. The van der Waals surface area contributed by atoms with Crippen molar-refractivity contribution in [2.45, 2.75) is 26.4 Å². The molecule has 1 unspecified atom stereocenters. The van der Waals surface area contributed by atoms with Crippen LogP contribution in [0.15, 0.2) is 30.3 Å².